The molecule has 3 nitrogen and oxygen atoms in total. The van der Waals surface area contributed by atoms with E-state index < -0.39 is 11.7 Å². The van der Waals surface area contributed by atoms with Crippen molar-refractivity contribution in [2.24, 2.45) is 5.92 Å². The molecule has 1 aromatic rings. The van der Waals surface area contributed by atoms with E-state index in [9.17, 15) is 18.0 Å². The third-order valence-corrected chi connectivity index (χ3v) is 2.87. The number of hydrogen-bond acceptors (Lipinski definition) is 2. The Bertz CT molecular complexity index is 447. The van der Waals surface area contributed by atoms with Crippen molar-refractivity contribution < 1.29 is 18.0 Å². The summed E-state index contributed by atoms with van der Waals surface area (Å²) in [7, 11) is 0. The Morgan fingerprint density at radius 3 is 2.58 bits per heavy atom. The molecule has 1 fully saturated rings. The first-order chi connectivity index (χ1) is 8.47. The molecule has 0 aromatic heterocycles. The molecule has 0 unspecified atom stereocenters. The van der Waals surface area contributed by atoms with Crippen molar-refractivity contribution in [3.63, 3.8) is 0 Å². The zero-order chi connectivity index (χ0) is 13.2. The van der Waals surface area contributed by atoms with Gasteiger partial charge in [0, 0.05) is 19.6 Å². The number of carbonyl (C=O) groups excluding carboxylic acids is 1. The maximum Gasteiger partial charge on any atom is 0.416 e. The highest BCUT2D eigenvalue weighted by molar-refractivity contribution is 5.85. The van der Waals surface area contributed by atoms with Crippen LogP contribution in [-0.2, 0) is 17.5 Å². The lowest BCUT2D eigenvalue weighted by atomic mass is 10.0. The number of alkyl halides is 3. The van der Waals surface area contributed by atoms with Crippen LogP contribution in [0, 0.1) is 5.92 Å². The number of halogens is 4. The van der Waals surface area contributed by atoms with Gasteiger partial charge in [-0.1, -0.05) is 12.1 Å². The standard InChI is InChI=1S/C12H13F3N2O.ClH/c13-12(14,15)10-3-1-2-8(4-10)5-17-11(18)9-6-16-7-9;/h1-4,9,16H,5-7H2,(H,17,18);1H. The normalized spacial score (nSPS) is 15.3. The van der Waals surface area contributed by atoms with Gasteiger partial charge in [0.25, 0.3) is 0 Å². The summed E-state index contributed by atoms with van der Waals surface area (Å²) < 4.78 is 37.4. The van der Waals surface area contributed by atoms with Gasteiger partial charge >= 0.3 is 6.18 Å². The molecule has 19 heavy (non-hydrogen) atoms. The molecule has 0 aliphatic carbocycles. The number of amides is 1. The Morgan fingerprint density at radius 2 is 2.05 bits per heavy atom. The van der Waals surface area contributed by atoms with E-state index in [1.54, 1.807) is 6.07 Å². The third-order valence-electron chi connectivity index (χ3n) is 2.87. The first-order valence-corrected chi connectivity index (χ1v) is 5.61. The highest BCUT2D eigenvalue weighted by atomic mass is 35.5. The molecule has 1 amide bonds. The number of benzene rings is 1. The molecule has 0 radical (unpaired) electrons. The molecule has 0 bridgehead atoms. The lowest BCUT2D eigenvalue weighted by molar-refractivity contribution is -0.137. The molecule has 1 aliphatic rings. The fourth-order valence-electron chi connectivity index (χ4n) is 1.67. The predicted molar refractivity (Wildman–Crippen MR) is 66.9 cm³/mol. The number of hydrogen-bond donors (Lipinski definition) is 2. The Morgan fingerprint density at radius 1 is 1.37 bits per heavy atom. The number of nitrogens with one attached hydrogen (secondary N) is 2. The van der Waals surface area contributed by atoms with Crippen molar-refractivity contribution in [1.82, 2.24) is 10.6 Å². The van der Waals surface area contributed by atoms with Gasteiger partial charge in [0.1, 0.15) is 0 Å². The van der Waals surface area contributed by atoms with E-state index in [1.807, 2.05) is 0 Å². The lowest BCUT2D eigenvalue weighted by Crippen LogP contribution is -2.50. The second kappa shape index (κ2) is 6.25. The van der Waals surface area contributed by atoms with Crippen molar-refractivity contribution in [3.8, 4) is 0 Å². The molecule has 2 rings (SSSR count). The van der Waals surface area contributed by atoms with Crippen LogP contribution in [0.1, 0.15) is 11.1 Å². The van der Waals surface area contributed by atoms with E-state index in [2.05, 4.69) is 10.6 Å². The number of carbonyl (C=O) groups is 1. The first kappa shape index (κ1) is 15.8. The maximum atomic E-state index is 12.5. The third kappa shape index (κ3) is 4.11. The Balaban J connectivity index is 0.00000180. The second-order valence-electron chi connectivity index (χ2n) is 4.27. The molecule has 1 aliphatic heterocycles. The van der Waals surface area contributed by atoms with Crippen molar-refractivity contribution in [1.29, 1.82) is 0 Å². The Labute approximate surface area is 115 Å². The average molecular weight is 295 g/mol. The fraction of sp³-hybridized carbons (Fsp3) is 0.417. The average Bonchev–Trinajstić information content (AvgIpc) is 2.23. The van der Waals surface area contributed by atoms with Gasteiger partial charge in [-0.25, -0.2) is 0 Å². The van der Waals surface area contributed by atoms with Crippen LogP contribution in [0.2, 0.25) is 0 Å². The van der Waals surface area contributed by atoms with Crippen molar-refractivity contribution in [2.75, 3.05) is 13.1 Å². The molecule has 7 heteroatoms. The Kier molecular flexibility index (Phi) is 5.20. The minimum Gasteiger partial charge on any atom is -0.352 e. The highest BCUT2D eigenvalue weighted by Crippen LogP contribution is 2.29. The van der Waals surface area contributed by atoms with E-state index in [0.29, 0.717) is 18.7 Å². The summed E-state index contributed by atoms with van der Waals surface area (Å²) >= 11 is 0. The van der Waals surface area contributed by atoms with Crippen LogP contribution < -0.4 is 10.6 Å². The highest BCUT2D eigenvalue weighted by Gasteiger charge is 2.30. The minimum absolute atomic E-state index is 0. The van der Waals surface area contributed by atoms with Crippen molar-refractivity contribution in [2.45, 2.75) is 12.7 Å². The van der Waals surface area contributed by atoms with E-state index in [-0.39, 0.29) is 30.8 Å². The van der Waals surface area contributed by atoms with Crippen LogP contribution in [-0.4, -0.2) is 19.0 Å². The SMILES string of the molecule is Cl.O=C(NCc1cccc(C(F)(F)F)c1)C1CNC1. The molecule has 1 saturated heterocycles. The van der Waals surface area contributed by atoms with Crippen LogP contribution >= 0.6 is 12.4 Å². The topological polar surface area (TPSA) is 41.1 Å². The van der Waals surface area contributed by atoms with Gasteiger partial charge < -0.3 is 10.6 Å². The monoisotopic (exact) mass is 294 g/mol. The summed E-state index contributed by atoms with van der Waals surface area (Å²) in [6, 6.07) is 4.98. The quantitative estimate of drug-likeness (QED) is 0.895. The second-order valence-corrected chi connectivity index (χ2v) is 4.27. The summed E-state index contributed by atoms with van der Waals surface area (Å²) in [6.07, 6.45) is -4.35. The molecule has 0 saturated carbocycles. The lowest BCUT2D eigenvalue weighted by Gasteiger charge is -2.25. The van der Waals surface area contributed by atoms with Crippen molar-refractivity contribution >= 4 is 18.3 Å². The van der Waals surface area contributed by atoms with Crippen molar-refractivity contribution in [3.05, 3.63) is 35.4 Å². The molecule has 106 valence electrons. The van der Waals surface area contributed by atoms with Crippen LogP contribution in [0.3, 0.4) is 0 Å². The van der Waals surface area contributed by atoms with E-state index in [0.717, 1.165) is 12.1 Å². The van der Waals surface area contributed by atoms with Gasteiger partial charge in [-0.2, -0.15) is 13.2 Å². The molecule has 1 aromatic carbocycles. The fourth-order valence-corrected chi connectivity index (χ4v) is 1.67. The van der Waals surface area contributed by atoms with Gasteiger partial charge in [-0.3, -0.25) is 4.79 Å². The van der Waals surface area contributed by atoms with Crippen LogP contribution in [0.25, 0.3) is 0 Å². The van der Waals surface area contributed by atoms with E-state index in [1.165, 1.54) is 6.07 Å². The molecule has 0 atom stereocenters. The summed E-state index contributed by atoms with van der Waals surface area (Å²) in [4.78, 5) is 11.5. The summed E-state index contributed by atoms with van der Waals surface area (Å²) in [6.45, 7) is 1.39. The maximum absolute atomic E-state index is 12.5. The largest absolute Gasteiger partial charge is 0.416 e. The zero-order valence-corrected chi connectivity index (χ0v) is 10.8. The first-order valence-electron chi connectivity index (χ1n) is 5.61. The predicted octanol–water partition coefficient (Wildman–Crippen LogP) is 1.96. The van der Waals surface area contributed by atoms with Crippen LogP contribution in [0.4, 0.5) is 13.2 Å². The van der Waals surface area contributed by atoms with Gasteiger partial charge in [0.2, 0.25) is 5.91 Å². The van der Waals surface area contributed by atoms with E-state index >= 15 is 0 Å². The summed E-state index contributed by atoms with van der Waals surface area (Å²) in [5, 5.41) is 5.59. The van der Waals surface area contributed by atoms with Crippen LogP contribution in [0.15, 0.2) is 24.3 Å². The summed E-state index contributed by atoms with van der Waals surface area (Å²) in [5.41, 5.74) is -0.245. The molecular formula is C12H14ClF3N2O. The van der Waals surface area contributed by atoms with Crippen LogP contribution in [0.5, 0.6) is 0 Å². The van der Waals surface area contributed by atoms with E-state index in [4.69, 9.17) is 0 Å². The zero-order valence-electron chi connectivity index (χ0n) is 9.96. The van der Waals surface area contributed by atoms with Gasteiger partial charge in [-0.05, 0) is 17.7 Å². The smallest absolute Gasteiger partial charge is 0.352 e. The molecule has 2 N–H and O–H groups in total. The Hall–Kier alpha value is -1.27. The number of rotatable bonds is 3. The molecular weight excluding hydrogens is 281 g/mol. The van der Waals surface area contributed by atoms with Gasteiger partial charge in [0.15, 0.2) is 0 Å². The summed E-state index contributed by atoms with van der Waals surface area (Å²) in [5.74, 6) is -0.179. The van der Waals surface area contributed by atoms with Gasteiger partial charge in [0.05, 0.1) is 11.5 Å². The van der Waals surface area contributed by atoms with Gasteiger partial charge in [-0.15, -0.1) is 12.4 Å². The molecule has 1 heterocycles. The minimum atomic E-state index is -4.35. The molecule has 0 spiro atoms.